The minimum absolute atomic E-state index is 0.219. The lowest BCUT2D eigenvalue weighted by molar-refractivity contribution is -0.146. The number of methoxy groups -OCH3 is 1. The number of amides is 1. The summed E-state index contributed by atoms with van der Waals surface area (Å²) in [5, 5.41) is 8.70. The lowest BCUT2D eigenvalue weighted by atomic mass is 9.98. The van der Waals surface area contributed by atoms with Crippen molar-refractivity contribution in [3.8, 4) is 6.07 Å². The molecule has 0 N–H and O–H groups in total. The van der Waals surface area contributed by atoms with Gasteiger partial charge in [0.15, 0.2) is 0 Å². The molecule has 2 heterocycles. The van der Waals surface area contributed by atoms with Crippen LogP contribution in [0.25, 0.3) is 0 Å². The molecule has 6 nitrogen and oxygen atoms in total. The van der Waals surface area contributed by atoms with Crippen molar-refractivity contribution in [2.75, 3.05) is 20.2 Å². The van der Waals surface area contributed by atoms with Crippen molar-refractivity contribution in [1.29, 1.82) is 5.26 Å². The average molecular weight is 273 g/mol. The molecule has 0 aromatic carbocycles. The van der Waals surface area contributed by atoms with Crippen molar-refractivity contribution in [3.63, 3.8) is 0 Å². The Morgan fingerprint density at radius 3 is 2.90 bits per heavy atom. The highest BCUT2D eigenvalue weighted by molar-refractivity contribution is 5.92. The summed E-state index contributed by atoms with van der Waals surface area (Å²) in [7, 11) is 1.35. The summed E-state index contributed by atoms with van der Waals surface area (Å²) in [5.74, 6) is -0.769. The summed E-state index contributed by atoms with van der Waals surface area (Å²) in [6.45, 7) is 0.960. The monoisotopic (exact) mass is 273 g/mol. The number of esters is 1. The molecule has 104 valence electrons. The van der Waals surface area contributed by atoms with Gasteiger partial charge < -0.3 is 9.64 Å². The van der Waals surface area contributed by atoms with Crippen LogP contribution in [0.4, 0.5) is 0 Å². The number of nitrogens with zero attached hydrogens (tertiary/aromatic N) is 3. The zero-order valence-corrected chi connectivity index (χ0v) is 11.2. The minimum atomic E-state index is -0.282. The Hall–Kier alpha value is -2.42. The zero-order valence-electron chi connectivity index (χ0n) is 11.2. The molecule has 1 saturated heterocycles. The lowest BCUT2D eigenvalue weighted by Gasteiger charge is -2.31. The molecule has 0 saturated carbocycles. The largest absolute Gasteiger partial charge is 0.469 e. The van der Waals surface area contributed by atoms with Gasteiger partial charge in [-0.3, -0.25) is 9.59 Å². The van der Waals surface area contributed by atoms with Crippen molar-refractivity contribution in [2.45, 2.75) is 12.8 Å². The van der Waals surface area contributed by atoms with Crippen LogP contribution >= 0.6 is 0 Å². The van der Waals surface area contributed by atoms with Gasteiger partial charge in [-0.15, -0.1) is 0 Å². The van der Waals surface area contributed by atoms with E-state index in [1.807, 2.05) is 6.07 Å². The molecule has 0 radical (unpaired) electrons. The fourth-order valence-electron chi connectivity index (χ4n) is 2.27. The van der Waals surface area contributed by atoms with Crippen LogP contribution in [0.3, 0.4) is 0 Å². The molecule has 0 bridgehead atoms. The summed E-state index contributed by atoms with van der Waals surface area (Å²) in [4.78, 5) is 29.4. The van der Waals surface area contributed by atoms with Gasteiger partial charge in [-0.2, -0.15) is 5.26 Å². The van der Waals surface area contributed by atoms with Gasteiger partial charge in [0.2, 0.25) is 0 Å². The van der Waals surface area contributed by atoms with Crippen LogP contribution < -0.4 is 0 Å². The Morgan fingerprint density at radius 2 is 2.30 bits per heavy atom. The summed E-state index contributed by atoms with van der Waals surface area (Å²) in [5.41, 5.74) is 0.696. The highest BCUT2D eigenvalue weighted by Crippen LogP contribution is 2.19. The van der Waals surface area contributed by atoms with Crippen molar-refractivity contribution >= 4 is 11.9 Å². The second-order valence-electron chi connectivity index (χ2n) is 4.66. The van der Waals surface area contributed by atoms with Crippen LogP contribution in [0.1, 0.15) is 28.9 Å². The molecule has 1 aliphatic heterocycles. The van der Waals surface area contributed by atoms with Gasteiger partial charge in [0.1, 0.15) is 11.8 Å². The van der Waals surface area contributed by atoms with E-state index >= 15 is 0 Å². The molecule has 20 heavy (non-hydrogen) atoms. The number of carbonyl (C=O) groups excluding carboxylic acids is 2. The number of aromatic nitrogens is 1. The van der Waals surface area contributed by atoms with Crippen LogP contribution in [-0.2, 0) is 9.53 Å². The Bertz CT molecular complexity index is 548. The summed E-state index contributed by atoms with van der Waals surface area (Å²) < 4.78 is 4.73. The van der Waals surface area contributed by atoms with Gasteiger partial charge >= 0.3 is 5.97 Å². The maximum absolute atomic E-state index is 12.3. The highest BCUT2D eigenvalue weighted by atomic mass is 16.5. The van der Waals surface area contributed by atoms with E-state index in [2.05, 4.69) is 4.98 Å². The molecular weight excluding hydrogens is 258 g/mol. The standard InChI is InChI=1S/C14H15N3O3/c1-20-14(19)11-3-2-6-17(9-11)13(18)12-5-4-10(7-15)8-16-12/h4-5,8,11H,2-3,6,9H2,1H3/t11-/m0/s1. The van der Waals surface area contributed by atoms with E-state index in [0.29, 0.717) is 18.7 Å². The Kier molecular flexibility index (Phi) is 4.31. The molecule has 1 aliphatic rings. The number of piperidine rings is 1. The summed E-state index contributed by atoms with van der Waals surface area (Å²) >= 11 is 0. The third-order valence-corrected chi connectivity index (χ3v) is 3.35. The second kappa shape index (κ2) is 6.15. The maximum atomic E-state index is 12.3. The fraction of sp³-hybridized carbons (Fsp3) is 0.429. The molecule has 1 aromatic heterocycles. The molecule has 1 amide bonds. The smallest absolute Gasteiger partial charge is 0.310 e. The number of carbonyl (C=O) groups is 2. The number of nitriles is 1. The van der Waals surface area contributed by atoms with E-state index in [1.54, 1.807) is 11.0 Å². The van der Waals surface area contributed by atoms with E-state index in [1.165, 1.54) is 19.4 Å². The maximum Gasteiger partial charge on any atom is 0.310 e. The molecule has 1 aromatic rings. The van der Waals surface area contributed by atoms with Crippen LogP contribution in [0.2, 0.25) is 0 Å². The zero-order chi connectivity index (χ0) is 14.5. The Morgan fingerprint density at radius 1 is 1.50 bits per heavy atom. The quantitative estimate of drug-likeness (QED) is 0.750. The van der Waals surface area contributed by atoms with E-state index in [0.717, 1.165) is 12.8 Å². The normalized spacial score (nSPS) is 18.2. The Balaban J connectivity index is 2.08. The lowest BCUT2D eigenvalue weighted by Crippen LogP contribution is -2.42. The predicted molar refractivity (Wildman–Crippen MR) is 69.6 cm³/mol. The van der Waals surface area contributed by atoms with Gasteiger partial charge in [-0.25, -0.2) is 4.98 Å². The molecule has 1 atom stereocenters. The summed E-state index contributed by atoms with van der Waals surface area (Å²) in [6.07, 6.45) is 2.87. The van der Waals surface area contributed by atoms with E-state index < -0.39 is 0 Å². The van der Waals surface area contributed by atoms with E-state index in [-0.39, 0.29) is 23.5 Å². The van der Waals surface area contributed by atoms with Crippen molar-refractivity contribution in [1.82, 2.24) is 9.88 Å². The first-order valence-corrected chi connectivity index (χ1v) is 6.39. The summed E-state index contributed by atoms with van der Waals surface area (Å²) in [6, 6.07) is 5.04. The first-order chi connectivity index (χ1) is 9.65. The van der Waals surface area contributed by atoms with Crippen molar-refractivity contribution in [2.24, 2.45) is 5.92 Å². The highest BCUT2D eigenvalue weighted by Gasteiger charge is 2.29. The third kappa shape index (κ3) is 2.94. The minimum Gasteiger partial charge on any atom is -0.469 e. The number of likely N-dealkylation sites (tertiary alicyclic amines) is 1. The Labute approximate surface area is 117 Å². The molecule has 0 spiro atoms. The van der Waals surface area contributed by atoms with Gasteiger partial charge in [0.25, 0.3) is 5.91 Å². The second-order valence-corrected chi connectivity index (χ2v) is 4.66. The van der Waals surface area contributed by atoms with Crippen molar-refractivity contribution < 1.29 is 14.3 Å². The number of ether oxygens (including phenoxy) is 1. The van der Waals surface area contributed by atoms with Crippen molar-refractivity contribution in [3.05, 3.63) is 29.6 Å². The van der Waals surface area contributed by atoms with E-state index in [9.17, 15) is 9.59 Å². The molecule has 0 aliphatic carbocycles. The molecule has 2 rings (SSSR count). The third-order valence-electron chi connectivity index (χ3n) is 3.35. The van der Waals surface area contributed by atoms with Crippen LogP contribution in [0.15, 0.2) is 18.3 Å². The van der Waals surface area contributed by atoms with Crippen LogP contribution in [-0.4, -0.2) is 42.0 Å². The topological polar surface area (TPSA) is 83.3 Å². The number of rotatable bonds is 2. The van der Waals surface area contributed by atoms with Crippen LogP contribution in [0, 0.1) is 17.2 Å². The molecule has 0 unspecified atom stereocenters. The van der Waals surface area contributed by atoms with Crippen LogP contribution in [0.5, 0.6) is 0 Å². The van der Waals surface area contributed by atoms with Gasteiger partial charge in [0.05, 0.1) is 18.6 Å². The van der Waals surface area contributed by atoms with Gasteiger partial charge in [-0.05, 0) is 25.0 Å². The predicted octanol–water partition coefficient (Wildman–Crippen LogP) is 0.978. The number of pyridine rings is 1. The molecular formula is C14H15N3O3. The fourth-order valence-corrected chi connectivity index (χ4v) is 2.27. The van der Waals surface area contributed by atoms with Gasteiger partial charge in [-0.1, -0.05) is 0 Å². The van der Waals surface area contributed by atoms with E-state index in [4.69, 9.17) is 10.00 Å². The molecule has 6 heteroatoms. The number of hydrogen-bond acceptors (Lipinski definition) is 5. The first kappa shape index (κ1) is 14.0. The first-order valence-electron chi connectivity index (χ1n) is 6.39. The van der Waals surface area contributed by atoms with Gasteiger partial charge in [0, 0.05) is 19.3 Å². The molecule has 1 fully saturated rings. The average Bonchev–Trinajstić information content (AvgIpc) is 2.53. The SMILES string of the molecule is COC(=O)[C@H]1CCCN(C(=O)c2ccc(C#N)cn2)C1. The number of hydrogen-bond donors (Lipinski definition) is 0.